The number of amides is 1. The first-order valence-corrected chi connectivity index (χ1v) is 9.73. The number of alkyl halides is 2. The van der Waals surface area contributed by atoms with Gasteiger partial charge in [-0.25, -0.2) is 18.7 Å². The molecule has 148 valence electrons. The number of fused-ring (bicyclic) bond motifs is 2. The Labute approximate surface area is 170 Å². The van der Waals surface area contributed by atoms with Crippen LogP contribution in [0.25, 0.3) is 0 Å². The third kappa shape index (κ3) is 3.10. The van der Waals surface area contributed by atoms with Gasteiger partial charge in [0.15, 0.2) is 0 Å². The molecule has 1 amide bonds. The van der Waals surface area contributed by atoms with E-state index in [-0.39, 0.29) is 31.3 Å². The molecule has 0 bridgehead atoms. The highest BCUT2D eigenvalue weighted by atomic mass is 35.5. The summed E-state index contributed by atoms with van der Waals surface area (Å²) in [6, 6.07) is 5.28. The molecule has 2 aromatic rings. The van der Waals surface area contributed by atoms with E-state index < -0.39 is 12.0 Å². The Morgan fingerprint density at radius 2 is 2.10 bits per heavy atom. The van der Waals surface area contributed by atoms with Gasteiger partial charge in [0.05, 0.1) is 29.4 Å². The molecule has 0 unspecified atom stereocenters. The minimum atomic E-state index is -2.68. The molecule has 1 aromatic carbocycles. The highest BCUT2D eigenvalue weighted by molar-refractivity contribution is 6.30. The van der Waals surface area contributed by atoms with E-state index in [9.17, 15) is 18.8 Å². The number of halogens is 3. The number of benzene rings is 1. The van der Waals surface area contributed by atoms with Crippen LogP contribution in [-0.4, -0.2) is 38.8 Å². The van der Waals surface area contributed by atoms with Crippen molar-refractivity contribution in [3.8, 4) is 6.07 Å². The molecule has 9 heteroatoms. The van der Waals surface area contributed by atoms with Crippen molar-refractivity contribution in [2.75, 3.05) is 5.32 Å². The van der Waals surface area contributed by atoms with Crippen molar-refractivity contribution < 1.29 is 13.6 Å². The van der Waals surface area contributed by atoms with E-state index in [4.69, 9.17) is 11.6 Å². The maximum atomic E-state index is 13.2. The monoisotopic (exact) mass is 415 g/mol. The summed E-state index contributed by atoms with van der Waals surface area (Å²) in [5.41, 5.74) is 3.51. The predicted octanol–water partition coefficient (Wildman–Crippen LogP) is 3.33. The quantitative estimate of drug-likeness (QED) is 0.831. The van der Waals surface area contributed by atoms with Crippen LogP contribution in [0.4, 0.5) is 14.7 Å². The summed E-state index contributed by atoms with van der Waals surface area (Å²) in [5, 5.41) is 13.1. The fourth-order valence-corrected chi connectivity index (χ4v) is 4.64. The largest absolute Gasteiger partial charge is 0.351 e. The Kier molecular flexibility index (Phi) is 4.00. The van der Waals surface area contributed by atoms with Gasteiger partial charge in [-0.2, -0.15) is 5.26 Å². The number of anilines is 1. The standard InChI is InChI=1S/C20H16ClF2N5O/c21-12-1-10-3-13(4-15(10)11(2-12)7-24)26-19-25-8-16-17(27-19)9-28(18(16)29)14-5-20(22,23)6-14/h1-2,8,13-14H,3-6,9H2,(H,25,26,27)/t13-/m0/s1. The van der Waals surface area contributed by atoms with Crippen molar-refractivity contribution in [2.24, 2.45) is 0 Å². The molecule has 1 aromatic heterocycles. The van der Waals surface area contributed by atoms with E-state index in [1.165, 1.54) is 11.1 Å². The van der Waals surface area contributed by atoms with Crippen LogP contribution in [0.15, 0.2) is 18.3 Å². The van der Waals surface area contributed by atoms with Gasteiger partial charge in [0.1, 0.15) is 0 Å². The lowest BCUT2D eigenvalue weighted by atomic mass is 9.87. The Morgan fingerprint density at radius 1 is 1.31 bits per heavy atom. The molecule has 2 aliphatic carbocycles. The van der Waals surface area contributed by atoms with Gasteiger partial charge >= 0.3 is 0 Å². The average molecular weight is 416 g/mol. The van der Waals surface area contributed by atoms with Crippen molar-refractivity contribution >= 4 is 23.5 Å². The molecule has 29 heavy (non-hydrogen) atoms. The third-order valence-corrected chi connectivity index (χ3v) is 6.08. The van der Waals surface area contributed by atoms with Crippen LogP contribution in [0.5, 0.6) is 0 Å². The topological polar surface area (TPSA) is 81.9 Å². The third-order valence-electron chi connectivity index (χ3n) is 5.87. The van der Waals surface area contributed by atoms with Crippen LogP contribution >= 0.6 is 11.6 Å². The zero-order valence-electron chi connectivity index (χ0n) is 15.3. The average Bonchev–Trinajstić information content (AvgIpc) is 3.19. The number of hydrogen-bond acceptors (Lipinski definition) is 5. The van der Waals surface area contributed by atoms with Gasteiger partial charge in [0.25, 0.3) is 11.8 Å². The SMILES string of the molecule is N#Cc1cc(Cl)cc2c1C[C@@H](Nc1ncc3c(n1)CN(C1CC(F)(F)C1)C3=O)C2. The minimum Gasteiger partial charge on any atom is -0.351 e. The van der Waals surface area contributed by atoms with Gasteiger partial charge in [-0.1, -0.05) is 11.6 Å². The highest BCUT2D eigenvalue weighted by Gasteiger charge is 2.51. The Hall–Kier alpha value is -2.79. The molecule has 3 aliphatic rings. The molecular weight excluding hydrogens is 400 g/mol. The number of carbonyl (C=O) groups excluding carboxylic acids is 1. The highest BCUT2D eigenvalue weighted by Crippen LogP contribution is 2.42. The van der Waals surface area contributed by atoms with Crippen LogP contribution in [0.3, 0.4) is 0 Å². The fourth-order valence-electron chi connectivity index (χ4n) is 4.40. The number of carbonyl (C=O) groups is 1. The molecule has 6 nitrogen and oxygen atoms in total. The first-order valence-electron chi connectivity index (χ1n) is 9.35. The van der Waals surface area contributed by atoms with Crippen molar-refractivity contribution in [1.82, 2.24) is 14.9 Å². The summed E-state index contributed by atoms with van der Waals surface area (Å²) in [7, 11) is 0. The fraction of sp³-hybridized carbons (Fsp3) is 0.400. The molecule has 5 rings (SSSR count). The second-order valence-corrected chi connectivity index (χ2v) is 8.29. The van der Waals surface area contributed by atoms with E-state index in [2.05, 4.69) is 21.4 Å². The molecule has 1 fully saturated rings. The summed E-state index contributed by atoms with van der Waals surface area (Å²) >= 11 is 6.09. The van der Waals surface area contributed by atoms with E-state index in [0.29, 0.717) is 40.6 Å². The van der Waals surface area contributed by atoms with Crippen LogP contribution < -0.4 is 5.32 Å². The number of nitrogens with one attached hydrogen (secondary N) is 1. The Bertz CT molecular complexity index is 1080. The lowest BCUT2D eigenvalue weighted by Gasteiger charge is -2.40. The second kappa shape index (κ2) is 6.36. The van der Waals surface area contributed by atoms with E-state index in [1.807, 2.05) is 6.07 Å². The first-order chi connectivity index (χ1) is 13.8. The Balaban J connectivity index is 1.31. The lowest BCUT2D eigenvalue weighted by Crippen LogP contribution is -2.50. The predicted molar refractivity (Wildman–Crippen MR) is 101 cm³/mol. The van der Waals surface area contributed by atoms with Crippen molar-refractivity contribution in [3.05, 3.63) is 51.3 Å². The van der Waals surface area contributed by atoms with Crippen LogP contribution in [0, 0.1) is 11.3 Å². The van der Waals surface area contributed by atoms with Crippen LogP contribution in [0.2, 0.25) is 5.02 Å². The molecule has 1 atom stereocenters. The van der Waals surface area contributed by atoms with E-state index in [0.717, 1.165) is 11.1 Å². The maximum Gasteiger partial charge on any atom is 0.257 e. The van der Waals surface area contributed by atoms with Crippen LogP contribution in [-0.2, 0) is 19.4 Å². The molecule has 0 saturated heterocycles. The number of hydrogen-bond donors (Lipinski definition) is 1. The minimum absolute atomic E-state index is 0.00662. The molecule has 1 saturated carbocycles. The molecule has 0 radical (unpaired) electrons. The van der Waals surface area contributed by atoms with E-state index in [1.54, 1.807) is 6.07 Å². The number of aromatic nitrogens is 2. The summed E-state index contributed by atoms with van der Waals surface area (Å²) in [5.74, 6) is -2.57. The summed E-state index contributed by atoms with van der Waals surface area (Å²) in [4.78, 5) is 22.7. The Morgan fingerprint density at radius 3 is 2.83 bits per heavy atom. The molecule has 1 N–H and O–H groups in total. The number of nitriles is 1. The molecule has 2 heterocycles. The molecule has 0 spiro atoms. The second-order valence-electron chi connectivity index (χ2n) is 7.86. The zero-order valence-corrected chi connectivity index (χ0v) is 16.0. The summed E-state index contributed by atoms with van der Waals surface area (Å²) in [6.07, 6.45) is 2.21. The van der Waals surface area contributed by atoms with Gasteiger partial charge in [0, 0.05) is 36.1 Å². The maximum absolute atomic E-state index is 13.2. The molecule has 1 aliphatic heterocycles. The lowest BCUT2D eigenvalue weighted by molar-refractivity contribution is -0.116. The normalized spacial score (nSPS) is 22.1. The van der Waals surface area contributed by atoms with Crippen LogP contribution in [0.1, 0.15) is 45.6 Å². The van der Waals surface area contributed by atoms with Gasteiger partial charge < -0.3 is 10.2 Å². The van der Waals surface area contributed by atoms with Gasteiger partial charge in [0.2, 0.25) is 5.95 Å². The van der Waals surface area contributed by atoms with Gasteiger partial charge in [-0.15, -0.1) is 0 Å². The number of nitrogens with zero attached hydrogens (tertiary/aromatic N) is 4. The van der Waals surface area contributed by atoms with Gasteiger partial charge in [-0.05, 0) is 36.1 Å². The van der Waals surface area contributed by atoms with Gasteiger partial charge in [-0.3, -0.25) is 4.79 Å². The van der Waals surface area contributed by atoms with Crippen molar-refractivity contribution in [2.45, 2.75) is 50.2 Å². The summed E-state index contributed by atoms with van der Waals surface area (Å²) in [6.45, 7) is 0.227. The van der Waals surface area contributed by atoms with Crippen molar-refractivity contribution in [3.63, 3.8) is 0 Å². The number of rotatable bonds is 3. The summed E-state index contributed by atoms with van der Waals surface area (Å²) < 4.78 is 26.4. The van der Waals surface area contributed by atoms with E-state index >= 15 is 0 Å². The first kappa shape index (κ1) is 18.3. The zero-order chi connectivity index (χ0) is 20.3. The smallest absolute Gasteiger partial charge is 0.257 e. The van der Waals surface area contributed by atoms with Crippen molar-refractivity contribution in [1.29, 1.82) is 5.26 Å². The molecular formula is C20H16ClF2N5O.